The summed E-state index contributed by atoms with van der Waals surface area (Å²) in [6.07, 6.45) is 4.60. The van der Waals surface area contributed by atoms with E-state index in [1.165, 1.54) is 0 Å². The van der Waals surface area contributed by atoms with Crippen molar-refractivity contribution in [2.45, 2.75) is 27.2 Å². The summed E-state index contributed by atoms with van der Waals surface area (Å²) in [4.78, 5) is 0. The van der Waals surface area contributed by atoms with Gasteiger partial charge in [0, 0.05) is 0 Å². The highest BCUT2D eigenvalue weighted by Gasteiger charge is 1.55. The second-order valence-electron chi connectivity index (χ2n) is 1.61. The van der Waals surface area contributed by atoms with Crippen LogP contribution in [0.1, 0.15) is 27.2 Å². The molecule has 0 amide bonds. The minimum atomic E-state index is 0.819. The first-order valence-electron chi connectivity index (χ1n) is 3.59. The molecule has 0 aliphatic rings. The Morgan fingerprint density at radius 3 is 1.30 bits per heavy atom. The van der Waals surface area contributed by atoms with Crippen molar-refractivity contribution in [1.82, 2.24) is 0 Å². The largest absolute Gasteiger partial charge is 0.330 e. The summed E-state index contributed by atoms with van der Waals surface area (Å²) >= 11 is 0. The fourth-order valence-corrected chi connectivity index (χ4v) is 0. The van der Waals surface area contributed by atoms with E-state index in [0.29, 0.717) is 0 Å². The molecule has 0 saturated carbocycles. The summed E-state index contributed by atoms with van der Waals surface area (Å²) in [5.41, 5.74) is 5.03. The van der Waals surface area contributed by atoms with Gasteiger partial charge in [-0.3, -0.25) is 0 Å². The highest BCUT2D eigenvalue weighted by atomic mass is 14.5. The van der Waals surface area contributed by atoms with Crippen LogP contribution in [0.4, 0.5) is 0 Å². The summed E-state index contributed by atoms with van der Waals surface area (Å²) in [5, 5.41) is 0. The van der Waals surface area contributed by atoms with Gasteiger partial charge in [-0.2, -0.15) is 0 Å². The van der Waals surface area contributed by atoms with Crippen LogP contribution in [0.25, 0.3) is 0 Å². The highest BCUT2D eigenvalue weighted by Crippen LogP contribution is 1.57. The van der Waals surface area contributed by atoms with E-state index >= 15 is 0 Å². The van der Waals surface area contributed by atoms with Crippen LogP contribution in [0.2, 0.25) is 0 Å². The summed E-state index contributed by atoms with van der Waals surface area (Å²) < 4.78 is 0. The van der Waals surface area contributed by atoms with Gasteiger partial charge in [-0.1, -0.05) is 19.1 Å². The molecule has 0 bridgehead atoms. The second kappa shape index (κ2) is 39.5. The summed E-state index contributed by atoms with van der Waals surface area (Å²) in [5.74, 6) is 0. The first kappa shape index (κ1) is 16.2. The van der Waals surface area contributed by atoms with E-state index < -0.39 is 0 Å². The molecule has 0 aromatic rings. The van der Waals surface area contributed by atoms with Gasteiger partial charge in [-0.25, -0.2) is 0 Å². The molecule has 0 aliphatic heterocycles. The SMILES string of the molecule is C=CC.C=CC.CCCN. The third-order valence-electron chi connectivity index (χ3n) is 0.289. The van der Waals surface area contributed by atoms with E-state index in [1.807, 2.05) is 13.8 Å². The molecule has 1 nitrogen and oxygen atoms in total. The van der Waals surface area contributed by atoms with Crippen molar-refractivity contribution >= 4 is 0 Å². The van der Waals surface area contributed by atoms with Gasteiger partial charge in [0.2, 0.25) is 0 Å². The number of hydrogen-bond donors (Lipinski definition) is 1. The average Bonchev–Trinajstić information content (AvgIpc) is 1.91. The number of rotatable bonds is 1. The molecule has 0 unspecified atom stereocenters. The van der Waals surface area contributed by atoms with Crippen LogP contribution in [0.3, 0.4) is 0 Å². The van der Waals surface area contributed by atoms with Crippen LogP contribution in [0.5, 0.6) is 0 Å². The molecule has 0 heterocycles. The monoisotopic (exact) mass is 143 g/mol. The molecule has 0 rings (SSSR count). The molecule has 0 aliphatic carbocycles. The Morgan fingerprint density at radius 2 is 1.30 bits per heavy atom. The lowest BCUT2D eigenvalue weighted by Crippen LogP contribution is -1.93. The number of allylic oxidation sites excluding steroid dienone is 2. The van der Waals surface area contributed by atoms with E-state index in [0.717, 1.165) is 13.0 Å². The van der Waals surface area contributed by atoms with Gasteiger partial charge in [0.15, 0.2) is 0 Å². The lowest BCUT2D eigenvalue weighted by molar-refractivity contribution is 0.932. The van der Waals surface area contributed by atoms with Gasteiger partial charge < -0.3 is 5.73 Å². The van der Waals surface area contributed by atoms with Crippen molar-refractivity contribution in [3.05, 3.63) is 25.3 Å². The van der Waals surface area contributed by atoms with Crippen molar-refractivity contribution in [1.29, 1.82) is 0 Å². The molecule has 62 valence electrons. The zero-order valence-corrected chi connectivity index (χ0v) is 7.56. The van der Waals surface area contributed by atoms with Crippen LogP contribution in [0, 0.1) is 0 Å². The van der Waals surface area contributed by atoms with Crippen LogP contribution in [-0.2, 0) is 0 Å². The minimum Gasteiger partial charge on any atom is -0.330 e. The van der Waals surface area contributed by atoms with E-state index in [2.05, 4.69) is 20.1 Å². The van der Waals surface area contributed by atoms with Crippen LogP contribution in [0.15, 0.2) is 25.3 Å². The van der Waals surface area contributed by atoms with E-state index in [9.17, 15) is 0 Å². The Kier molecular flexibility index (Phi) is 64.0. The lowest BCUT2D eigenvalue weighted by Gasteiger charge is -1.70. The molecule has 2 N–H and O–H groups in total. The van der Waals surface area contributed by atoms with Crippen molar-refractivity contribution < 1.29 is 0 Å². The van der Waals surface area contributed by atoms with Gasteiger partial charge in [-0.05, 0) is 26.8 Å². The third-order valence-corrected chi connectivity index (χ3v) is 0.289. The van der Waals surface area contributed by atoms with E-state index in [4.69, 9.17) is 5.73 Å². The van der Waals surface area contributed by atoms with Crippen LogP contribution < -0.4 is 5.73 Å². The zero-order valence-electron chi connectivity index (χ0n) is 7.56. The Hall–Kier alpha value is -0.560. The number of hydrogen-bond acceptors (Lipinski definition) is 1. The van der Waals surface area contributed by atoms with Crippen molar-refractivity contribution in [2.24, 2.45) is 5.73 Å². The maximum Gasteiger partial charge on any atom is -0.00799 e. The molecule has 1 heteroatoms. The van der Waals surface area contributed by atoms with Gasteiger partial charge >= 0.3 is 0 Å². The van der Waals surface area contributed by atoms with E-state index in [1.54, 1.807) is 12.2 Å². The molecular weight excluding hydrogens is 122 g/mol. The molecule has 0 fully saturated rings. The predicted molar refractivity (Wildman–Crippen MR) is 51.1 cm³/mol. The fourth-order valence-electron chi connectivity index (χ4n) is 0. The molecule has 0 aromatic heterocycles. The molecule has 0 saturated heterocycles. The summed E-state index contributed by atoms with van der Waals surface area (Å²) in [7, 11) is 0. The standard InChI is InChI=1S/C3H9N.2C3H6/c1-2-3-4;2*1-3-2/h2-4H2,1H3;2*3H,1H2,2H3. The molecule has 0 radical (unpaired) electrons. The maximum absolute atomic E-state index is 5.03. The van der Waals surface area contributed by atoms with Gasteiger partial charge in [0.25, 0.3) is 0 Å². The van der Waals surface area contributed by atoms with E-state index in [-0.39, 0.29) is 0 Å². The zero-order chi connectivity index (χ0) is 8.83. The first-order chi connectivity index (χ1) is 4.74. The van der Waals surface area contributed by atoms with Crippen molar-refractivity contribution in [3.8, 4) is 0 Å². The predicted octanol–water partition coefficient (Wildman–Crippen LogP) is 2.74. The van der Waals surface area contributed by atoms with Crippen LogP contribution >= 0.6 is 0 Å². The molecule has 0 spiro atoms. The topological polar surface area (TPSA) is 26.0 Å². The quantitative estimate of drug-likeness (QED) is 0.561. The fraction of sp³-hybridized carbons (Fsp3) is 0.556. The van der Waals surface area contributed by atoms with Crippen LogP contribution in [-0.4, -0.2) is 6.54 Å². The van der Waals surface area contributed by atoms with Crippen molar-refractivity contribution in [3.63, 3.8) is 0 Å². The molecular formula is C9H21N. The average molecular weight is 143 g/mol. The molecule has 0 atom stereocenters. The lowest BCUT2D eigenvalue weighted by atomic mass is 10.5. The summed E-state index contributed by atoms with van der Waals surface area (Å²) in [6.45, 7) is 13.4. The third kappa shape index (κ3) is 1590. The maximum atomic E-state index is 5.03. The van der Waals surface area contributed by atoms with Gasteiger partial charge in [0.05, 0.1) is 0 Å². The molecule has 10 heavy (non-hydrogen) atoms. The Bertz CT molecular complexity index is 40.7. The Morgan fingerprint density at radius 1 is 1.20 bits per heavy atom. The number of nitrogens with two attached hydrogens (primary N) is 1. The minimum absolute atomic E-state index is 0.819. The normalized spacial score (nSPS) is 5.60. The smallest absolute Gasteiger partial charge is 0.00799 e. The van der Waals surface area contributed by atoms with Crippen molar-refractivity contribution in [2.75, 3.05) is 6.54 Å². The van der Waals surface area contributed by atoms with Gasteiger partial charge in [-0.15, -0.1) is 13.2 Å². The highest BCUT2D eigenvalue weighted by molar-refractivity contribution is 4.51. The summed E-state index contributed by atoms with van der Waals surface area (Å²) in [6, 6.07) is 0. The van der Waals surface area contributed by atoms with Gasteiger partial charge in [0.1, 0.15) is 0 Å². The Labute approximate surface area is 65.6 Å². The molecule has 0 aromatic carbocycles. The first-order valence-corrected chi connectivity index (χ1v) is 3.59. The Balaban J connectivity index is -0.0000000750. The second-order valence-corrected chi connectivity index (χ2v) is 1.61.